The summed E-state index contributed by atoms with van der Waals surface area (Å²) in [5.41, 5.74) is -0.744. The first-order valence-electron chi connectivity index (χ1n) is 8.62. The Morgan fingerprint density at radius 2 is 1.76 bits per heavy atom. The Morgan fingerprint density at radius 1 is 1.10 bits per heavy atom. The lowest BCUT2D eigenvalue weighted by Gasteiger charge is -2.46. The highest BCUT2D eigenvalue weighted by atomic mass is 16.2. The molecule has 118 valence electrons. The molecule has 1 aliphatic heterocycles. The van der Waals surface area contributed by atoms with Gasteiger partial charge in [0.1, 0.15) is 11.6 Å². The van der Waals surface area contributed by atoms with Crippen molar-refractivity contribution in [2.45, 2.75) is 76.8 Å². The first-order valence-corrected chi connectivity index (χ1v) is 8.62. The summed E-state index contributed by atoms with van der Waals surface area (Å²) in [6.45, 7) is 4.42. The van der Waals surface area contributed by atoms with Crippen LogP contribution in [0.4, 0.5) is 0 Å². The van der Waals surface area contributed by atoms with Crippen molar-refractivity contribution in [2.24, 2.45) is 11.8 Å². The second-order valence-electron chi connectivity index (χ2n) is 7.69. The van der Waals surface area contributed by atoms with Crippen LogP contribution in [0.25, 0.3) is 0 Å². The zero-order chi connectivity index (χ0) is 15.0. The van der Waals surface area contributed by atoms with E-state index < -0.39 is 5.54 Å². The molecule has 1 heterocycles. The largest absolute Gasteiger partial charge is 0.340 e. The fourth-order valence-electron chi connectivity index (χ4n) is 3.95. The van der Waals surface area contributed by atoms with Gasteiger partial charge in [0.15, 0.2) is 0 Å². The molecule has 1 N–H and O–H groups in total. The minimum atomic E-state index is -0.744. The molecule has 3 aliphatic rings. The van der Waals surface area contributed by atoms with Gasteiger partial charge in [-0.2, -0.15) is 0 Å². The molecule has 4 heteroatoms. The van der Waals surface area contributed by atoms with Crippen molar-refractivity contribution in [1.29, 1.82) is 0 Å². The van der Waals surface area contributed by atoms with Crippen LogP contribution in [0.2, 0.25) is 0 Å². The van der Waals surface area contributed by atoms with Crippen molar-refractivity contribution < 1.29 is 9.59 Å². The van der Waals surface area contributed by atoms with Crippen LogP contribution in [-0.2, 0) is 9.59 Å². The maximum Gasteiger partial charge on any atom is 0.248 e. The highest BCUT2D eigenvalue weighted by Gasteiger charge is 2.48. The van der Waals surface area contributed by atoms with E-state index in [1.807, 2.05) is 18.7 Å². The van der Waals surface area contributed by atoms with Crippen LogP contribution in [-0.4, -0.2) is 34.8 Å². The number of carbonyl (C=O) groups is 2. The van der Waals surface area contributed by atoms with Gasteiger partial charge in [0, 0.05) is 6.54 Å². The Morgan fingerprint density at radius 3 is 2.38 bits per heavy atom. The Kier molecular flexibility index (Phi) is 3.98. The van der Waals surface area contributed by atoms with Crippen LogP contribution in [0.1, 0.15) is 65.2 Å². The Balaban J connectivity index is 1.78. The van der Waals surface area contributed by atoms with Gasteiger partial charge in [-0.1, -0.05) is 32.1 Å². The van der Waals surface area contributed by atoms with E-state index in [-0.39, 0.29) is 17.9 Å². The van der Waals surface area contributed by atoms with E-state index in [9.17, 15) is 9.59 Å². The van der Waals surface area contributed by atoms with Gasteiger partial charge in [0.25, 0.3) is 0 Å². The van der Waals surface area contributed by atoms with E-state index in [1.165, 1.54) is 32.1 Å². The van der Waals surface area contributed by atoms with Gasteiger partial charge in [-0.15, -0.1) is 0 Å². The number of amides is 2. The molecule has 3 rings (SSSR count). The Labute approximate surface area is 127 Å². The quantitative estimate of drug-likeness (QED) is 0.865. The van der Waals surface area contributed by atoms with Crippen LogP contribution in [0.5, 0.6) is 0 Å². The molecule has 0 aromatic rings. The van der Waals surface area contributed by atoms with Crippen LogP contribution < -0.4 is 5.32 Å². The predicted molar refractivity (Wildman–Crippen MR) is 81.6 cm³/mol. The van der Waals surface area contributed by atoms with E-state index >= 15 is 0 Å². The zero-order valence-corrected chi connectivity index (χ0v) is 13.4. The third kappa shape index (κ3) is 3.09. The molecular formula is C17H28N2O2. The summed E-state index contributed by atoms with van der Waals surface area (Å²) in [4.78, 5) is 27.3. The first kappa shape index (κ1) is 14.9. The fourth-order valence-corrected chi connectivity index (χ4v) is 3.95. The highest BCUT2D eigenvalue weighted by molar-refractivity contribution is 5.99. The van der Waals surface area contributed by atoms with Crippen LogP contribution in [0.3, 0.4) is 0 Å². The summed E-state index contributed by atoms with van der Waals surface area (Å²) >= 11 is 0. The van der Waals surface area contributed by atoms with E-state index in [2.05, 4.69) is 5.32 Å². The molecule has 2 saturated carbocycles. The molecule has 2 aliphatic carbocycles. The molecule has 2 amide bonds. The third-order valence-corrected chi connectivity index (χ3v) is 5.41. The number of carbonyl (C=O) groups excluding carboxylic acids is 2. The van der Waals surface area contributed by atoms with E-state index in [4.69, 9.17) is 0 Å². The minimum Gasteiger partial charge on any atom is -0.340 e. The first-order chi connectivity index (χ1) is 9.99. The standard InChI is InChI=1S/C17H28N2O2/c1-17(2)16(21)19(11-10-12-8-9-12)14(15(20)18-17)13-6-4-3-5-7-13/h12-14H,3-11H2,1-2H3,(H,18,20). The van der Waals surface area contributed by atoms with Gasteiger partial charge < -0.3 is 10.2 Å². The van der Waals surface area contributed by atoms with E-state index in [0.717, 1.165) is 31.7 Å². The maximum absolute atomic E-state index is 12.8. The number of rotatable bonds is 4. The number of hydrogen-bond acceptors (Lipinski definition) is 2. The molecule has 4 nitrogen and oxygen atoms in total. The highest BCUT2D eigenvalue weighted by Crippen LogP contribution is 2.36. The lowest BCUT2D eigenvalue weighted by molar-refractivity contribution is -0.156. The second kappa shape index (κ2) is 5.62. The van der Waals surface area contributed by atoms with Crippen molar-refractivity contribution in [3.05, 3.63) is 0 Å². The van der Waals surface area contributed by atoms with Crippen molar-refractivity contribution >= 4 is 11.8 Å². The fraction of sp³-hybridized carbons (Fsp3) is 0.882. The Hall–Kier alpha value is -1.06. The number of nitrogens with one attached hydrogen (secondary N) is 1. The summed E-state index contributed by atoms with van der Waals surface area (Å²) in [5.74, 6) is 1.33. The smallest absolute Gasteiger partial charge is 0.248 e. The van der Waals surface area contributed by atoms with Crippen molar-refractivity contribution in [2.75, 3.05) is 6.54 Å². The number of piperazine rings is 1. The molecule has 1 saturated heterocycles. The third-order valence-electron chi connectivity index (χ3n) is 5.41. The van der Waals surface area contributed by atoms with Crippen molar-refractivity contribution in [3.63, 3.8) is 0 Å². The van der Waals surface area contributed by atoms with Gasteiger partial charge in [0.05, 0.1) is 0 Å². The van der Waals surface area contributed by atoms with Gasteiger partial charge in [-0.3, -0.25) is 9.59 Å². The molecule has 21 heavy (non-hydrogen) atoms. The average molecular weight is 292 g/mol. The Bertz CT molecular complexity index is 423. The molecule has 3 fully saturated rings. The summed E-state index contributed by atoms with van der Waals surface area (Å²) < 4.78 is 0. The molecule has 0 aromatic heterocycles. The SMILES string of the molecule is CC1(C)NC(=O)C(C2CCCCC2)N(CCC2CC2)C1=O. The van der Waals surface area contributed by atoms with Crippen molar-refractivity contribution in [3.8, 4) is 0 Å². The van der Waals surface area contributed by atoms with Gasteiger partial charge in [-0.25, -0.2) is 0 Å². The molecular weight excluding hydrogens is 264 g/mol. The molecule has 0 aromatic carbocycles. The maximum atomic E-state index is 12.8. The van der Waals surface area contributed by atoms with E-state index in [1.54, 1.807) is 0 Å². The number of hydrogen-bond donors (Lipinski definition) is 1. The second-order valence-corrected chi connectivity index (χ2v) is 7.69. The molecule has 1 unspecified atom stereocenters. The predicted octanol–water partition coefficient (Wildman–Crippen LogP) is 2.47. The zero-order valence-electron chi connectivity index (χ0n) is 13.4. The molecule has 0 radical (unpaired) electrons. The van der Waals surface area contributed by atoms with Gasteiger partial charge >= 0.3 is 0 Å². The van der Waals surface area contributed by atoms with Gasteiger partial charge in [-0.05, 0) is 44.9 Å². The van der Waals surface area contributed by atoms with Crippen LogP contribution >= 0.6 is 0 Å². The van der Waals surface area contributed by atoms with E-state index in [0.29, 0.717) is 5.92 Å². The summed E-state index contributed by atoms with van der Waals surface area (Å²) in [5, 5.41) is 2.96. The number of nitrogens with zero attached hydrogens (tertiary/aromatic N) is 1. The van der Waals surface area contributed by atoms with Crippen LogP contribution in [0.15, 0.2) is 0 Å². The topological polar surface area (TPSA) is 49.4 Å². The summed E-state index contributed by atoms with van der Waals surface area (Å²) in [6, 6.07) is -0.218. The lowest BCUT2D eigenvalue weighted by atomic mass is 9.80. The van der Waals surface area contributed by atoms with Crippen LogP contribution in [0, 0.1) is 11.8 Å². The monoisotopic (exact) mass is 292 g/mol. The summed E-state index contributed by atoms with van der Waals surface area (Å²) in [6.07, 6.45) is 9.50. The average Bonchev–Trinajstić information content (AvgIpc) is 3.26. The normalized spacial score (nSPS) is 30.4. The summed E-state index contributed by atoms with van der Waals surface area (Å²) in [7, 11) is 0. The minimum absolute atomic E-state index is 0.0716. The molecule has 1 atom stereocenters. The molecule has 0 spiro atoms. The van der Waals surface area contributed by atoms with Gasteiger partial charge in [0.2, 0.25) is 11.8 Å². The molecule has 0 bridgehead atoms. The lowest BCUT2D eigenvalue weighted by Crippen LogP contribution is -2.69. The van der Waals surface area contributed by atoms with Crippen molar-refractivity contribution in [1.82, 2.24) is 10.2 Å².